The standard InChI is InChI=1S/C6H14S2/c1-6(5-7)3-4-8-2/h6-7H,3-5H2,1-2H3/t6-/m0/s1. The first kappa shape index (κ1) is 8.70. The van der Waals surface area contributed by atoms with E-state index >= 15 is 0 Å². The predicted molar refractivity (Wildman–Crippen MR) is 46.0 cm³/mol. The second kappa shape index (κ2) is 5.83. The summed E-state index contributed by atoms with van der Waals surface area (Å²) in [6, 6.07) is 0. The van der Waals surface area contributed by atoms with Crippen LogP contribution in [0.1, 0.15) is 13.3 Å². The van der Waals surface area contributed by atoms with E-state index in [1.165, 1.54) is 12.2 Å². The summed E-state index contributed by atoms with van der Waals surface area (Å²) in [6.45, 7) is 2.24. The molecule has 2 heteroatoms. The third-order valence-corrected chi connectivity index (χ3v) is 2.39. The van der Waals surface area contributed by atoms with Crippen molar-refractivity contribution >= 4 is 24.4 Å². The predicted octanol–water partition coefficient (Wildman–Crippen LogP) is 2.31. The van der Waals surface area contributed by atoms with Crippen molar-refractivity contribution in [2.24, 2.45) is 5.92 Å². The van der Waals surface area contributed by atoms with E-state index in [2.05, 4.69) is 25.8 Å². The van der Waals surface area contributed by atoms with Crippen LogP contribution >= 0.6 is 24.4 Å². The molecule has 1 atom stereocenters. The molecule has 0 saturated carbocycles. The van der Waals surface area contributed by atoms with E-state index in [0.717, 1.165) is 11.7 Å². The first-order chi connectivity index (χ1) is 3.81. The van der Waals surface area contributed by atoms with Crippen molar-refractivity contribution < 1.29 is 0 Å². The monoisotopic (exact) mass is 150 g/mol. The van der Waals surface area contributed by atoms with Crippen molar-refractivity contribution in [3.63, 3.8) is 0 Å². The fourth-order valence-corrected chi connectivity index (χ4v) is 1.23. The molecule has 8 heavy (non-hydrogen) atoms. The first-order valence-electron chi connectivity index (χ1n) is 2.91. The Morgan fingerprint density at radius 1 is 1.62 bits per heavy atom. The zero-order valence-corrected chi connectivity index (χ0v) is 7.27. The van der Waals surface area contributed by atoms with Crippen LogP contribution in [0.2, 0.25) is 0 Å². The maximum Gasteiger partial charge on any atom is -0.00675 e. The Balaban J connectivity index is 2.86. The molecule has 0 aromatic rings. The largest absolute Gasteiger partial charge is 0.179 e. The Labute approximate surface area is 61.8 Å². The maximum absolute atomic E-state index is 4.18. The van der Waals surface area contributed by atoms with Crippen LogP contribution in [0.5, 0.6) is 0 Å². The normalized spacial score (nSPS) is 13.9. The first-order valence-corrected chi connectivity index (χ1v) is 4.93. The minimum absolute atomic E-state index is 0.797. The van der Waals surface area contributed by atoms with Crippen LogP contribution in [0.25, 0.3) is 0 Å². The number of thiol groups is 1. The highest BCUT2D eigenvalue weighted by molar-refractivity contribution is 7.98. The Hall–Kier alpha value is 0.700. The van der Waals surface area contributed by atoms with Crippen molar-refractivity contribution in [2.45, 2.75) is 13.3 Å². The molecule has 0 heterocycles. The van der Waals surface area contributed by atoms with Gasteiger partial charge in [0, 0.05) is 0 Å². The number of hydrogen-bond donors (Lipinski definition) is 1. The van der Waals surface area contributed by atoms with E-state index in [0.29, 0.717) is 0 Å². The Kier molecular flexibility index (Phi) is 6.34. The van der Waals surface area contributed by atoms with Crippen LogP contribution in [0.4, 0.5) is 0 Å². The lowest BCUT2D eigenvalue weighted by molar-refractivity contribution is 0.645. The third-order valence-electron chi connectivity index (χ3n) is 1.13. The van der Waals surface area contributed by atoms with E-state index in [1.807, 2.05) is 11.8 Å². The summed E-state index contributed by atoms with van der Waals surface area (Å²) < 4.78 is 0. The average molecular weight is 150 g/mol. The smallest absolute Gasteiger partial charge is 0.00675 e. The molecule has 0 amide bonds. The molecule has 0 radical (unpaired) electrons. The molecule has 0 aliphatic rings. The van der Waals surface area contributed by atoms with E-state index < -0.39 is 0 Å². The number of thioether (sulfide) groups is 1. The van der Waals surface area contributed by atoms with Crippen LogP contribution in [-0.4, -0.2) is 17.8 Å². The van der Waals surface area contributed by atoms with E-state index in [4.69, 9.17) is 0 Å². The van der Waals surface area contributed by atoms with Crippen LogP contribution in [0, 0.1) is 5.92 Å². The lowest BCUT2D eigenvalue weighted by atomic mass is 10.2. The number of rotatable bonds is 4. The van der Waals surface area contributed by atoms with Gasteiger partial charge in [-0.3, -0.25) is 0 Å². The molecule has 0 aromatic carbocycles. The highest BCUT2D eigenvalue weighted by Gasteiger charge is 1.95. The van der Waals surface area contributed by atoms with Gasteiger partial charge in [0.15, 0.2) is 0 Å². The zero-order valence-electron chi connectivity index (χ0n) is 5.55. The van der Waals surface area contributed by atoms with Crippen LogP contribution < -0.4 is 0 Å². The molecule has 0 aliphatic carbocycles. The Bertz CT molecular complexity index is 45.8. The highest BCUT2D eigenvalue weighted by atomic mass is 32.2. The van der Waals surface area contributed by atoms with Gasteiger partial charge in [-0.2, -0.15) is 24.4 Å². The van der Waals surface area contributed by atoms with Crippen molar-refractivity contribution in [1.82, 2.24) is 0 Å². The summed E-state index contributed by atoms with van der Waals surface area (Å²) in [5.74, 6) is 3.10. The molecule has 0 spiro atoms. The van der Waals surface area contributed by atoms with Crippen molar-refractivity contribution in [2.75, 3.05) is 17.8 Å². The molecule has 0 aromatic heterocycles. The Morgan fingerprint density at radius 2 is 2.25 bits per heavy atom. The van der Waals surface area contributed by atoms with Crippen molar-refractivity contribution in [3.8, 4) is 0 Å². The van der Waals surface area contributed by atoms with E-state index in [9.17, 15) is 0 Å². The summed E-state index contributed by atoms with van der Waals surface area (Å²) in [6.07, 6.45) is 3.45. The summed E-state index contributed by atoms with van der Waals surface area (Å²) in [4.78, 5) is 0. The third kappa shape index (κ3) is 4.85. The zero-order chi connectivity index (χ0) is 6.41. The highest BCUT2D eigenvalue weighted by Crippen LogP contribution is 2.07. The molecule has 0 bridgehead atoms. The van der Waals surface area contributed by atoms with Crippen molar-refractivity contribution in [1.29, 1.82) is 0 Å². The molecular weight excluding hydrogens is 136 g/mol. The van der Waals surface area contributed by atoms with Crippen molar-refractivity contribution in [3.05, 3.63) is 0 Å². The second-order valence-corrected chi connectivity index (χ2v) is 3.42. The molecule has 0 unspecified atom stereocenters. The van der Waals surface area contributed by atoms with Gasteiger partial charge in [-0.15, -0.1) is 0 Å². The lowest BCUT2D eigenvalue weighted by Crippen LogP contribution is -1.96. The van der Waals surface area contributed by atoms with Gasteiger partial charge in [0.25, 0.3) is 0 Å². The topological polar surface area (TPSA) is 0 Å². The molecule has 0 rings (SSSR count). The van der Waals surface area contributed by atoms with E-state index in [1.54, 1.807) is 0 Å². The fourth-order valence-electron chi connectivity index (χ4n) is 0.410. The lowest BCUT2D eigenvalue weighted by Gasteiger charge is -2.03. The fraction of sp³-hybridized carbons (Fsp3) is 1.00. The van der Waals surface area contributed by atoms with Gasteiger partial charge in [0.1, 0.15) is 0 Å². The molecule has 0 aliphatic heterocycles. The average Bonchev–Trinajstić information content (AvgIpc) is 1.83. The molecule has 0 nitrogen and oxygen atoms in total. The second-order valence-electron chi connectivity index (χ2n) is 2.07. The summed E-state index contributed by atoms with van der Waals surface area (Å²) >= 11 is 6.09. The van der Waals surface area contributed by atoms with Gasteiger partial charge in [-0.1, -0.05) is 6.92 Å². The van der Waals surface area contributed by atoms with Gasteiger partial charge < -0.3 is 0 Å². The van der Waals surface area contributed by atoms with E-state index in [-0.39, 0.29) is 0 Å². The van der Waals surface area contributed by atoms with Gasteiger partial charge >= 0.3 is 0 Å². The molecule has 50 valence electrons. The maximum atomic E-state index is 4.18. The van der Waals surface area contributed by atoms with Gasteiger partial charge in [0.05, 0.1) is 0 Å². The summed E-state index contributed by atoms with van der Waals surface area (Å²) in [7, 11) is 0. The number of hydrogen-bond acceptors (Lipinski definition) is 2. The van der Waals surface area contributed by atoms with Crippen LogP contribution in [0.15, 0.2) is 0 Å². The molecule has 0 fully saturated rings. The summed E-state index contributed by atoms with van der Waals surface area (Å²) in [5.41, 5.74) is 0. The minimum atomic E-state index is 0.797. The molecule has 0 saturated heterocycles. The van der Waals surface area contributed by atoms with Crippen LogP contribution in [-0.2, 0) is 0 Å². The minimum Gasteiger partial charge on any atom is -0.179 e. The van der Waals surface area contributed by atoms with Gasteiger partial charge in [-0.25, -0.2) is 0 Å². The van der Waals surface area contributed by atoms with Gasteiger partial charge in [-0.05, 0) is 30.1 Å². The summed E-state index contributed by atoms with van der Waals surface area (Å²) in [5, 5.41) is 0. The molecule has 0 N–H and O–H groups in total. The quantitative estimate of drug-likeness (QED) is 0.600. The SMILES string of the molecule is CSCC[C@H](C)CS. The molecular formula is C6H14S2. The Morgan fingerprint density at radius 3 is 2.62 bits per heavy atom. The van der Waals surface area contributed by atoms with Gasteiger partial charge in [0.2, 0.25) is 0 Å². The van der Waals surface area contributed by atoms with Crippen LogP contribution in [0.3, 0.4) is 0 Å².